The first-order valence-electron chi connectivity index (χ1n) is 6.17. The van der Waals surface area contributed by atoms with Crippen LogP contribution in [-0.4, -0.2) is 27.1 Å². The topological polar surface area (TPSA) is 75.1 Å². The van der Waals surface area contributed by atoms with Gasteiger partial charge in [-0.3, -0.25) is 4.79 Å². The summed E-state index contributed by atoms with van der Waals surface area (Å²) in [6.07, 6.45) is 1.59. The molecule has 0 spiro atoms. The molecule has 6 heteroatoms. The molecule has 19 heavy (non-hydrogen) atoms. The van der Waals surface area contributed by atoms with Gasteiger partial charge in [0.2, 0.25) is 0 Å². The number of carbonyl (C=O) groups is 1. The minimum atomic E-state index is -0.807. The highest BCUT2D eigenvalue weighted by Gasteiger charge is 2.19. The number of fused-ring (bicyclic) bond motifs is 1. The van der Waals surface area contributed by atoms with E-state index in [-0.39, 0.29) is 18.4 Å². The van der Waals surface area contributed by atoms with Gasteiger partial charge in [0.05, 0.1) is 11.8 Å². The molecule has 0 aliphatic rings. The maximum Gasteiger partial charge on any atom is 0.305 e. The predicted molar refractivity (Wildman–Crippen MR) is 76.7 cm³/mol. The molecule has 1 atom stereocenters. The zero-order valence-corrected chi connectivity index (χ0v) is 12.0. The van der Waals surface area contributed by atoms with Crippen molar-refractivity contribution < 1.29 is 9.90 Å². The number of aliphatic carboxylic acids is 1. The highest BCUT2D eigenvalue weighted by molar-refractivity contribution is 7.18. The monoisotopic (exact) mass is 279 g/mol. The molecule has 0 aromatic carbocycles. The molecule has 2 aromatic rings. The van der Waals surface area contributed by atoms with Crippen LogP contribution in [0.25, 0.3) is 10.2 Å². The summed E-state index contributed by atoms with van der Waals surface area (Å²) >= 11 is 1.61. The van der Waals surface area contributed by atoms with E-state index in [9.17, 15) is 4.79 Å². The van der Waals surface area contributed by atoms with E-state index in [0.717, 1.165) is 15.1 Å². The van der Waals surface area contributed by atoms with Crippen molar-refractivity contribution in [1.82, 2.24) is 9.97 Å². The Morgan fingerprint density at radius 3 is 2.84 bits per heavy atom. The molecule has 0 saturated heterocycles. The zero-order chi connectivity index (χ0) is 14.0. The molecule has 0 aliphatic carbocycles. The van der Waals surface area contributed by atoms with Gasteiger partial charge in [0, 0.05) is 10.9 Å². The number of aryl methyl sites for hydroxylation is 1. The molecule has 0 amide bonds. The minimum Gasteiger partial charge on any atom is -0.481 e. The van der Waals surface area contributed by atoms with Crippen LogP contribution in [0.3, 0.4) is 0 Å². The maximum absolute atomic E-state index is 10.9. The number of aromatic nitrogens is 2. The first kappa shape index (κ1) is 13.7. The Morgan fingerprint density at radius 1 is 1.47 bits per heavy atom. The summed E-state index contributed by atoms with van der Waals surface area (Å²) in [4.78, 5) is 21.5. The molecule has 0 radical (unpaired) electrons. The molecule has 2 aromatic heterocycles. The molecule has 5 nitrogen and oxygen atoms in total. The Hall–Kier alpha value is -1.69. The number of hydrogen-bond acceptors (Lipinski definition) is 5. The summed E-state index contributed by atoms with van der Waals surface area (Å²) in [5.41, 5.74) is 0. The van der Waals surface area contributed by atoms with Crippen LogP contribution in [0.2, 0.25) is 0 Å². The second kappa shape index (κ2) is 5.52. The van der Waals surface area contributed by atoms with Gasteiger partial charge in [0.15, 0.2) is 0 Å². The molecule has 2 heterocycles. The average Bonchev–Trinajstić information content (AvgIpc) is 2.68. The normalized spacial score (nSPS) is 12.8. The Morgan fingerprint density at radius 2 is 2.21 bits per heavy atom. The fraction of sp³-hybridized carbons (Fsp3) is 0.462. The van der Waals surface area contributed by atoms with Crippen LogP contribution in [0.4, 0.5) is 5.82 Å². The van der Waals surface area contributed by atoms with Crippen LogP contribution in [0, 0.1) is 12.8 Å². The number of nitrogens with one attached hydrogen (secondary N) is 1. The van der Waals surface area contributed by atoms with Gasteiger partial charge in [-0.05, 0) is 18.9 Å². The van der Waals surface area contributed by atoms with E-state index in [1.807, 2.05) is 26.8 Å². The second-order valence-electron chi connectivity index (χ2n) is 4.89. The summed E-state index contributed by atoms with van der Waals surface area (Å²) in [5.74, 6) is 0.119. The Kier molecular flexibility index (Phi) is 3.99. The van der Waals surface area contributed by atoms with Crippen molar-refractivity contribution in [2.75, 3.05) is 5.32 Å². The van der Waals surface area contributed by atoms with Crippen LogP contribution in [0.5, 0.6) is 0 Å². The summed E-state index contributed by atoms with van der Waals surface area (Å²) in [7, 11) is 0. The lowest BCUT2D eigenvalue weighted by Gasteiger charge is -2.21. The Bertz CT molecular complexity index is 595. The van der Waals surface area contributed by atoms with Crippen molar-refractivity contribution in [3.05, 3.63) is 17.3 Å². The molecule has 0 aliphatic heterocycles. The van der Waals surface area contributed by atoms with E-state index in [1.165, 1.54) is 6.33 Å². The van der Waals surface area contributed by atoms with E-state index in [1.54, 1.807) is 11.3 Å². The summed E-state index contributed by atoms with van der Waals surface area (Å²) in [6, 6.07) is 1.89. The van der Waals surface area contributed by atoms with E-state index in [2.05, 4.69) is 15.3 Å². The number of anilines is 1. The number of thiophene rings is 1. The van der Waals surface area contributed by atoms with Gasteiger partial charge in [-0.15, -0.1) is 11.3 Å². The van der Waals surface area contributed by atoms with E-state index < -0.39 is 5.97 Å². The van der Waals surface area contributed by atoms with Gasteiger partial charge in [0.25, 0.3) is 0 Å². The highest BCUT2D eigenvalue weighted by Crippen LogP contribution is 2.28. The fourth-order valence-corrected chi connectivity index (χ4v) is 2.76. The van der Waals surface area contributed by atoms with E-state index >= 15 is 0 Å². The number of rotatable bonds is 5. The van der Waals surface area contributed by atoms with Gasteiger partial charge in [0.1, 0.15) is 17.0 Å². The number of carboxylic acid groups (broad SMARTS) is 1. The van der Waals surface area contributed by atoms with Crippen molar-refractivity contribution in [2.24, 2.45) is 5.92 Å². The quantitative estimate of drug-likeness (QED) is 0.880. The molecule has 0 fully saturated rings. The molecule has 2 rings (SSSR count). The number of hydrogen-bond donors (Lipinski definition) is 2. The largest absolute Gasteiger partial charge is 0.481 e. The van der Waals surface area contributed by atoms with Gasteiger partial charge in [-0.25, -0.2) is 9.97 Å². The maximum atomic E-state index is 10.9. The van der Waals surface area contributed by atoms with Gasteiger partial charge >= 0.3 is 5.97 Å². The molecule has 102 valence electrons. The smallest absolute Gasteiger partial charge is 0.305 e. The van der Waals surface area contributed by atoms with Crippen LogP contribution in [0.1, 0.15) is 25.1 Å². The lowest BCUT2D eigenvalue weighted by molar-refractivity contribution is -0.137. The summed E-state index contributed by atoms with van der Waals surface area (Å²) in [5, 5.41) is 13.2. The third kappa shape index (κ3) is 3.20. The lowest BCUT2D eigenvalue weighted by Crippen LogP contribution is -2.29. The molecular formula is C13H17N3O2S. The Balaban J connectivity index is 2.30. The first-order valence-corrected chi connectivity index (χ1v) is 6.98. The zero-order valence-electron chi connectivity index (χ0n) is 11.2. The van der Waals surface area contributed by atoms with Crippen LogP contribution in [-0.2, 0) is 4.79 Å². The second-order valence-corrected chi connectivity index (χ2v) is 6.13. The van der Waals surface area contributed by atoms with Gasteiger partial charge < -0.3 is 10.4 Å². The number of carboxylic acids is 1. The summed E-state index contributed by atoms with van der Waals surface area (Å²) < 4.78 is 0. The van der Waals surface area contributed by atoms with Crippen molar-refractivity contribution in [2.45, 2.75) is 33.2 Å². The highest BCUT2D eigenvalue weighted by atomic mass is 32.1. The molecule has 0 saturated carbocycles. The molecule has 0 bridgehead atoms. The van der Waals surface area contributed by atoms with Crippen LogP contribution >= 0.6 is 11.3 Å². The summed E-state index contributed by atoms with van der Waals surface area (Å²) in [6.45, 7) is 6.02. The molecule has 1 unspecified atom stereocenters. The lowest BCUT2D eigenvalue weighted by atomic mass is 10.0. The van der Waals surface area contributed by atoms with Crippen LogP contribution in [0.15, 0.2) is 12.4 Å². The fourth-order valence-electron chi connectivity index (χ4n) is 1.91. The third-order valence-electron chi connectivity index (χ3n) is 2.97. The Labute approximate surface area is 115 Å². The molecule has 2 N–H and O–H groups in total. The van der Waals surface area contributed by atoms with E-state index in [0.29, 0.717) is 5.82 Å². The SMILES string of the molecule is Cc1cc2c(NC(CC(=O)O)C(C)C)ncnc2s1. The molecular weight excluding hydrogens is 262 g/mol. The van der Waals surface area contributed by atoms with Crippen molar-refractivity contribution in [1.29, 1.82) is 0 Å². The van der Waals surface area contributed by atoms with E-state index in [4.69, 9.17) is 5.11 Å². The predicted octanol–water partition coefficient (Wildman–Crippen LogP) is 2.91. The van der Waals surface area contributed by atoms with Crippen LogP contribution < -0.4 is 5.32 Å². The third-order valence-corrected chi connectivity index (χ3v) is 3.93. The average molecular weight is 279 g/mol. The first-order chi connectivity index (χ1) is 8.97. The standard InChI is InChI=1S/C13H17N3O2S/c1-7(2)10(5-11(17)18)16-12-9-4-8(3)19-13(9)15-6-14-12/h4,6-7,10H,5H2,1-3H3,(H,17,18)(H,14,15,16). The van der Waals surface area contributed by atoms with Crippen molar-refractivity contribution in [3.8, 4) is 0 Å². The number of nitrogens with zero attached hydrogens (tertiary/aromatic N) is 2. The van der Waals surface area contributed by atoms with Gasteiger partial charge in [-0.1, -0.05) is 13.8 Å². The van der Waals surface area contributed by atoms with Crippen molar-refractivity contribution >= 4 is 33.3 Å². The minimum absolute atomic E-state index is 0.0757. The van der Waals surface area contributed by atoms with Gasteiger partial charge in [-0.2, -0.15) is 0 Å². The van der Waals surface area contributed by atoms with Crippen molar-refractivity contribution in [3.63, 3.8) is 0 Å².